The molecule has 0 fully saturated rings. The third-order valence-corrected chi connectivity index (χ3v) is 5.29. The van der Waals surface area contributed by atoms with Crippen LogP contribution in [0.15, 0.2) is 70.4 Å². The summed E-state index contributed by atoms with van der Waals surface area (Å²) >= 11 is 0. The molecule has 0 amide bonds. The maximum atomic E-state index is 6.48. The van der Waals surface area contributed by atoms with Crippen LogP contribution in [0.25, 0.3) is 0 Å². The van der Waals surface area contributed by atoms with E-state index in [1.807, 2.05) is 60.5 Å². The number of benzene rings is 2. The maximum absolute atomic E-state index is 6.48. The molecule has 148 valence electrons. The second-order valence-corrected chi connectivity index (χ2v) is 6.97. The van der Waals surface area contributed by atoms with E-state index in [-0.39, 0.29) is 12.3 Å². The summed E-state index contributed by atoms with van der Waals surface area (Å²) in [7, 11) is 1.66. The van der Waals surface area contributed by atoms with Crippen molar-refractivity contribution in [2.75, 3.05) is 13.7 Å². The summed E-state index contributed by atoms with van der Waals surface area (Å²) in [5.74, 6) is 3.13. The van der Waals surface area contributed by atoms with Crippen molar-refractivity contribution in [1.82, 2.24) is 5.01 Å². The first-order valence-electron chi connectivity index (χ1n) is 9.74. The summed E-state index contributed by atoms with van der Waals surface area (Å²) in [4.78, 5) is 0. The zero-order valence-corrected chi connectivity index (χ0v) is 16.4. The van der Waals surface area contributed by atoms with Gasteiger partial charge in [-0.25, -0.2) is 5.01 Å². The number of hydrazone groups is 1. The van der Waals surface area contributed by atoms with Crippen molar-refractivity contribution in [3.05, 3.63) is 77.7 Å². The van der Waals surface area contributed by atoms with Crippen LogP contribution < -0.4 is 14.2 Å². The lowest BCUT2D eigenvalue weighted by Gasteiger charge is -2.38. The minimum absolute atomic E-state index is 0.0476. The van der Waals surface area contributed by atoms with Gasteiger partial charge in [0.15, 0.2) is 11.5 Å². The van der Waals surface area contributed by atoms with Crippen LogP contribution in [0.3, 0.4) is 0 Å². The van der Waals surface area contributed by atoms with Crippen molar-refractivity contribution >= 4 is 5.71 Å². The van der Waals surface area contributed by atoms with Crippen molar-refractivity contribution in [3.8, 4) is 17.2 Å². The van der Waals surface area contributed by atoms with Gasteiger partial charge in [0.2, 0.25) is 6.23 Å². The standard InChI is InChI=1S/C23H22N2O4/c1-3-27-21-7-4-6-17-19-14-18(20-8-5-13-28-20)24-25(19)23(29-22(17)21)15-9-11-16(26-2)12-10-15/h4-13,19,23H,3,14H2,1-2H3/t19-,23-/m1/s1. The number of methoxy groups -OCH3 is 1. The SMILES string of the molecule is CCOc1cccc2c1O[C@H](c1ccc(OC)cc1)N1N=C(c3ccco3)C[C@H]21. The maximum Gasteiger partial charge on any atom is 0.214 e. The van der Waals surface area contributed by atoms with Gasteiger partial charge in [-0.15, -0.1) is 0 Å². The van der Waals surface area contributed by atoms with Crippen LogP contribution >= 0.6 is 0 Å². The molecule has 3 heterocycles. The van der Waals surface area contributed by atoms with Crippen LogP contribution in [0.1, 0.15) is 42.5 Å². The van der Waals surface area contributed by atoms with E-state index in [0.29, 0.717) is 6.61 Å². The summed E-state index contributed by atoms with van der Waals surface area (Å²) in [5.41, 5.74) is 2.99. The Hall–Kier alpha value is -3.41. The second-order valence-electron chi connectivity index (χ2n) is 6.97. The quantitative estimate of drug-likeness (QED) is 0.618. The van der Waals surface area contributed by atoms with Gasteiger partial charge in [0, 0.05) is 17.5 Å². The molecule has 0 saturated carbocycles. The molecule has 6 nitrogen and oxygen atoms in total. The highest BCUT2D eigenvalue weighted by molar-refractivity contribution is 5.99. The summed E-state index contributed by atoms with van der Waals surface area (Å²) in [5, 5.41) is 6.91. The van der Waals surface area contributed by atoms with Crippen LogP contribution in [0.2, 0.25) is 0 Å². The lowest BCUT2D eigenvalue weighted by Crippen LogP contribution is -2.33. The number of para-hydroxylation sites is 1. The molecule has 2 aliphatic rings. The number of furan rings is 1. The fraction of sp³-hybridized carbons (Fsp3) is 0.261. The van der Waals surface area contributed by atoms with Crippen LogP contribution in [0, 0.1) is 0 Å². The molecule has 0 spiro atoms. The molecule has 0 radical (unpaired) electrons. The van der Waals surface area contributed by atoms with E-state index in [0.717, 1.165) is 46.3 Å². The Balaban J connectivity index is 1.60. The van der Waals surface area contributed by atoms with E-state index in [1.54, 1.807) is 13.4 Å². The molecule has 0 N–H and O–H groups in total. The average molecular weight is 390 g/mol. The number of hydrogen-bond acceptors (Lipinski definition) is 6. The van der Waals surface area contributed by atoms with Crippen LogP contribution in [0.4, 0.5) is 0 Å². The van der Waals surface area contributed by atoms with Gasteiger partial charge in [-0.3, -0.25) is 0 Å². The predicted molar refractivity (Wildman–Crippen MR) is 108 cm³/mol. The molecule has 0 aliphatic carbocycles. The number of nitrogens with zero attached hydrogens (tertiary/aromatic N) is 2. The number of ether oxygens (including phenoxy) is 3. The van der Waals surface area contributed by atoms with E-state index >= 15 is 0 Å². The monoisotopic (exact) mass is 390 g/mol. The summed E-state index contributed by atoms with van der Waals surface area (Å²) in [6.07, 6.45) is 2.05. The van der Waals surface area contributed by atoms with E-state index in [9.17, 15) is 0 Å². The number of fused-ring (bicyclic) bond motifs is 3. The molecule has 3 aromatic rings. The van der Waals surface area contributed by atoms with Gasteiger partial charge in [-0.1, -0.05) is 12.1 Å². The molecular formula is C23H22N2O4. The minimum Gasteiger partial charge on any atom is -0.497 e. The Morgan fingerprint density at radius 3 is 2.69 bits per heavy atom. The largest absolute Gasteiger partial charge is 0.497 e. The molecule has 0 saturated heterocycles. The molecule has 0 unspecified atom stereocenters. The van der Waals surface area contributed by atoms with E-state index < -0.39 is 0 Å². The highest BCUT2D eigenvalue weighted by Gasteiger charge is 2.42. The van der Waals surface area contributed by atoms with Crippen LogP contribution in [-0.2, 0) is 0 Å². The van der Waals surface area contributed by atoms with Crippen molar-refractivity contribution in [2.45, 2.75) is 25.6 Å². The van der Waals surface area contributed by atoms with Crippen molar-refractivity contribution in [2.24, 2.45) is 5.10 Å². The van der Waals surface area contributed by atoms with E-state index in [2.05, 4.69) is 6.07 Å². The van der Waals surface area contributed by atoms with Crippen LogP contribution in [0.5, 0.6) is 17.2 Å². The Labute approximate surface area is 169 Å². The Morgan fingerprint density at radius 2 is 1.97 bits per heavy atom. The molecule has 6 heteroatoms. The molecule has 29 heavy (non-hydrogen) atoms. The summed E-state index contributed by atoms with van der Waals surface area (Å²) < 4.78 is 23.2. The Bertz CT molecular complexity index is 1030. The van der Waals surface area contributed by atoms with E-state index in [4.69, 9.17) is 23.7 Å². The molecular weight excluding hydrogens is 368 g/mol. The molecule has 2 aliphatic heterocycles. The van der Waals surface area contributed by atoms with Gasteiger partial charge in [-0.2, -0.15) is 5.10 Å². The zero-order chi connectivity index (χ0) is 19.8. The van der Waals surface area contributed by atoms with Gasteiger partial charge in [0.05, 0.1) is 26.0 Å². The predicted octanol–water partition coefficient (Wildman–Crippen LogP) is 4.93. The number of rotatable bonds is 5. The lowest BCUT2D eigenvalue weighted by molar-refractivity contribution is -0.0212. The first-order valence-corrected chi connectivity index (χ1v) is 9.74. The van der Waals surface area contributed by atoms with Crippen molar-refractivity contribution < 1.29 is 18.6 Å². The topological polar surface area (TPSA) is 56.4 Å². The number of hydrogen-bond donors (Lipinski definition) is 0. The second kappa shape index (κ2) is 7.20. The molecule has 2 aromatic carbocycles. The highest BCUT2D eigenvalue weighted by atomic mass is 16.5. The summed E-state index contributed by atoms with van der Waals surface area (Å²) in [6, 6.07) is 17.8. The normalized spacial score (nSPS) is 19.8. The third kappa shape index (κ3) is 3.01. The van der Waals surface area contributed by atoms with E-state index in [1.165, 1.54) is 0 Å². The first-order chi connectivity index (χ1) is 14.3. The van der Waals surface area contributed by atoms with Gasteiger partial charge in [-0.05, 0) is 49.4 Å². The van der Waals surface area contributed by atoms with Crippen molar-refractivity contribution in [1.29, 1.82) is 0 Å². The smallest absolute Gasteiger partial charge is 0.214 e. The average Bonchev–Trinajstić information content (AvgIpc) is 3.44. The molecule has 1 aromatic heterocycles. The fourth-order valence-corrected chi connectivity index (χ4v) is 3.93. The summed E-state index contributed by atoms with van der Waals surface area (Å²) in [6.45, 7) is 2.55. The highest BCUT2D eigenvalue weighted by Crippen LogP contribution is 2.50. The third-order valence-electron chi connectivity index (χ3n) is 5.29. The van der Waals surface area contributed by atoms with Gasteiger partial charge in [0.25, 0.3) is 0 Å². The van der Waals surface area contributed by atoms with Crippen LogP contribution in [-0.4, -0.2) is 24.4 Å². The molecule has 2 atom stereocenters. The minimum atomic E-state index is -0.368. The van der Waals surface area contributed by atoms with Gasteiger partial charge in [0.1, 0.15) is 17.2 Å². The fourth-order valence-electron chi connectivity index (χ4n) is 3.93. The lowest BCUT2D eigenvalue weighted by atomic mass is 9.97. The van der Waals surface area contributed by atoms with Crippen molar-refractivity contribution in [3.63, 3.8) is 0 Å². The molecule has 0 bridgehead atoms. The van der Waals surface area contributed by atoms with Gasteiger partial charge < -0.3 is 18.6 Å². The Kier molecular flexibility index (Phi) is 4.39. The van der Waals surface area contributed by atoms with Gasteiger partial charge >= 0.3 is 0 Å². The zero-order valence-electron chi connectivity index (χ0n) is 16.4. The first kappa shape index (κ1) is 17.7. The Morgan fingerprint density at radius 1 is 1.10 bits per heavy atom. The molecule has 5 rings (SSSR count).